The lowest BCUT2D eigenvalue weighted by molar-refractivity contribution is -0.192. The maximum atomic E-state index is 12.3. The summed E-state index contributed by atoms with van der Waals surface area (Å²) in [7, 11) is 0. The summed E-state index contributed by atoms with van der Waals surface area (Å²) in [5.41, 5.74) is 4.79. The van der Waals surface area contributed by atoms with Crippen LogP contribution in [0.3, 0.4) is 0 Å². The van der Waals surface area contributed by atoms with Gasteiger partial charge >= 0.3 is 0 Å². The molecule has 234 valence electrons. The highest BCUT2D eigenvalue weighted by atomic mass is 16.6. The second-order valence-corrected chi connectivity index (χ2v) is 16.0. The molecule has 2 heterocycles. The first-order chi connectivity index (χ1) is 20.4. The Morgan fingerprint density at radius 1 is 1.00 bits per heavy atom. The Morgan fingerprint density at radius 3 is 2.51 bits per heavy atom. The van der Waals surface area contributed by atoms with Crippen LogP contribution in [0.5, 0.6) is 0 Å². The van der Waals surface area contributed by atoms with Crippen molar-refractivity contribution in [1.29, 1.82) is 0 Å². The fourth-order valence-electron chi connectivity index (χ4n) is 11.6. The molecule has 0 radical (unpaired) electrons. The Morgan fingerprint density at radius 2 is 1.77 bits per heavy atom. The maximum absolute atomic E-state index is 12.3. The van der Waals surface area contributed by atoms with Gasteiger partial charge in [-0.1, -0.05) is 87.4 Å². The van der Waals surface area contributed by atoms with E-state index in [1.165, 1.54) is 16.7 Å². The van der Waals surface area contributed by atoms with E-state index < -0.39 is 12.4 Å². The summed E-state index contributed by atoms with van der Waals surface area (Å²) < 4.78 is 12.6. The number of hydrogen-bond acceptors (Lipinski definition) is 5. The lowest BCUT2D eigenvalue weighted by Crippen LogP contribution is -2.64. The van der Waals surface area contributed by atoms with Gasteiger partial charge in [0.05, 0.1) is 31.5 Å². The van der Waals surface area contributed by atoms with Gasteiger partial charge in [0.25, 0.3) is 0 Å². The number of aliphatic hydroxyl groups is 3. The van der Waals surface area contributed by atoms with Crippen LogP contribution in [0.15, 0.2) is 65.3 Å². The first kappa shape index (κ1) is 29.9. The average molecular weight is 589 g/mol. The van der Waals surface area contributed by atoms with E-state index in [0.29, 0.717) is 18.4 Å². The molecular weight excluding hydrogens is 536 g/mol. The number of fused-ring (bicyclic) bond motifs is 7. The summed E-state index contributed by atoms with van der Waals surface area (Å²) in [6.07, 6.45) is 12.4. The van der Waals surface area contributed by atoms with Gasteiger partial charge in [0.2, 0.25) is 0 Å². The highest BCUT2D eigenvalue weighted by Gasteiger charge is 2.68. The summed E-state index contributed by atoms with van der Waals surface area (Å²) in [6, 6.07) is 10.6. The Balaban J connectivity index is 1.16. The third-order valence-electron chi connectivity index (χ3n) is 13.9. The molecule has 6 aliphatic rings. The molecule has 1 aromatic carbocycles. The molecule has 2 saturated carbocycles. The highest BCUT2D eigenvalue weighted by Crippen LogP contribution is 2.74. The number of rotatable bonds is 4. The topological polar surface area (TPSA) is 79.2 Å². The molecule has 1 aromatic rings. The van der Waals surface area contributed by atoms with Crippen molar-refractivity contribution in [2.45, 2.75) is 104 Å². The molecule has 0 aromatic heterocycles. The molecule has 3 N–H and O–H groups in total. The minimum absolute atomic E-state index is 0.0142. The normalized spacial score (nSPS) is 49.3. The Kier molecular flexibility index (Phi) is 7.23. The van der Waals surface area contributed by atoms with Gasteiger partial charge in [0.1, 0.15) is 0 Å². The summed E-state index contributed by atoms with van der Waals surface area (Å²) >= 11 is 0. The molecule has 7 rings (SSSR count). The third kappa shape index (κ3) is 4.28. The Bertz CT molecular complexity index is 1330. The smallest absolute Gasteiger partial charge is 0.158 e. The van der Waals surface area contributed by atoms with Crippen LogP contribution in [0, 0.1) is 45.3 Å². The fourth-order valence-corrected chi connectivity index (χ4v) is 11.6. The molecule has 0 amide bonds. The van der Waals surface area contributed by atoms with Crippen LogP contribution >= 0.6 is 0 Å². The van der Waals surface area contributed by atoms with Crippen LogP contribution < -0.4 is 0 Å². The van der Waals surface area contributed by atoms with Crippen molar-refractivity contribution >= 4 is 0 Å². The van der Waals surface area contributed by atoms with Gasteiger partial charge in [-0.15, -0.1) is 0 Å². The summed E-state index contributed by atoms with van der Waals surface area (Å²) in [5, 5.41) is 32.9. The van der Waals surface area contributed by atoms with Crippen molar-refractivity contribution < 1.29 is 24.8 Å². The first-order valence-electron chi connectivity index (χ1n) is 16.8. The molecular formula is C38H52O5. The molecule has 2 saturated heterocycles. The molecule has 4 aliphatic carbocycles. The quantitative estimate of drug-likeness (QED) is 0.334. The van der Waals surface area contributed by atoms with Crippen molar-refractivity contribution in [3.05, 3.63) is 70.8 Å². The largest absolute Gasteiger partial charge is 0.392 e. The highest BCUT2D eigenvalue weighted by molar-refractivity contribution is 5.38. The van der Waals surface area contributed by atoms with Gasteiger partial charge in [-0.2, -0.15) is 0 Å². The van der Waals surface area contributed by atoms with Gasteiger partial charge < -0.3 is 24.8 Å². The zero-order chi connectivity index (χ0) is 30.4. The third-order valence-corrected chi connectivity index (χ3v) is 13.9. The monoisotopic (exact) mass is 588 g/mol. The molecule has 0 spiro atoms. The second-order valence-electron chi connectivity index (χ2n) is 16.0. The van der Waals surface area contributed by atoms with Crippen molar-refractivity contribution in [1.82, 2.24) is 0 Å². The first-order valence-corrected chi connectivity index (χ1v) is 16.8. The number of hydrogen-bond donors (Lipinski definition) is 3. The number of allylic oxidation sites excluding steroid dienone is 2. The summed E-state index contributed by atoms with van der Waals surface area (Å²) in [4.78, 5) is 0. The molecule has 1 unspecified atom stereocenters. The van der Waals surface area contributed by atoms with E-state index in [2.05, 4.69) is 70.2 Å². The molecule has 2 aliphatic heterocycles. The Labute approximate surface area is 258 Å². The van der Waals surface area contributed by atoms with Gasteiger partial charge in [0.15, 0.2) is 6.29 Å². The molecule has 12 atom stereocenters. The van der Waals surface area contributed by atoms with Crippen LogP contribution in [-0.4, -0.2) is 47.0 Å². The second kappa shape index (κ2) is 10.4. The van der Waals surface area contributed by atoms with Crippen molar-refractivity contribution in [2.75, 3.05) is 13.2 Å². The minimum Gasteiger partial charge on any atom is -0.392 e. The maximum Gasteiger partial charge on any atom is 0.158 e. The lowest BCUT2D eigenvalue weighted by Gasteiger charge is -2.68. The Hall–Kier alpha value is -1.76. The summed E-state index contributed by atoms with van der Waals surface area (Å²) in [5.74, 6) is 1.10. The predicted molar refractivity (Wildman–Crippen MR) is 168 cm³/mol. The van der Waals surface area contributed by atoms with E-state index in [1.54, 1.807) is 0 Å². The number of ether oxygens (including phenoxy) is 2. The molecule has 5 nitrogen and oxygen atoms in total. The SMILES string of the molecule is C/C(=C\[C@H]1C[C@@H]([C@@H]2CC=C3[C@]4(C)[C@H](O)C[C@@H]5[C@](C)(CC=C6C[C@@H](c7ccccc7)OC[C@@]65C)[C@H]4CC[C@]32C)C(O)O1)CO. The standard InChI is InChI=1S/C38H52O5/c1-23(21-39)17-26-19-27(34(41)43-26)28-11-12-30-35(28,2)16-14-31-36(3)15-13-25-18-29(24-9-7-6-8-10-24)42-22-37(25,4)32(36)20-33(40)38(30,31)5/h6-10,12-13,17,26-29,31-34,39-41H,11,14-16,18-22H2,1-5H3/b23-17+/t26-,27-,28-,29-,31+,32+,33+,34?,35-,36+,37-,38-/m0/s1. The van der Waals surface area contributed by atoms with Gasteiger partial charge in [-0.3, -0.25) is 0 Å². The number of benzene rings is 1. The van der Waals surface area contributed by atoms with Crippen molar-refractivity contribution in [3.8, 4) is 0 Å². The zero-order valence-corrected chi connectivity index (χ0v) is 26.8. The van der Waals surface area contributed by atoms with E-state index in [1.807, 2.05) is 13.0 Å². The molecule has 43 heavy (non-hydrogen) atoms. The van der Waals surface area contributed by atoms with Gasteiger partial charge in [-0.25, -0.2) is 0 Å². The van der Waals surface area contributed by atoms with E-state index in [-0.39, 0.29) is 52.3 Å². The van der Waals surface area contributed by atoms with Gasteiger partial charge in [0, 0.05) is 16.7 Å². The van der Waals surface area contributed by atoms with Crippen LogP contribution in [0.4, 0.5) is 0 Å². The molecule has 4 fully saturated rings. The van der Waals surface area contributed by atoms with Crippen LogP contribution in [-0.2, 0) is 9.47 Å². The van der Waals surface area contributed by atoms with Gasteiger partial charge in [-0.05, 0) is 91.6 Å². The minimum atomic E-state index is -0.793. The lowest BCUT2D eigenvalue weighted by atomic mass is 9.37. The number of aliphatic hydroxyl groups excluding tert-OH is 3. The fraction of sp³-hybridized carbons (Fsp3) is 0.684. The predicted octanol–water partition coefficient (Wildman–Crippen LogP) is 6.90. The van der Waals surface area contributed by atoms with E-state index in [4.69, 9.17) is 9.47 Å². The van der Waals surface area contributed by atoms with E-state index >= 15 is 0 Å². The van der Waals surface area contributed by atoms with E-state index in [9.17, 15) is 15.3 Å². The van der Waals surface area contributed by atoms with Crippen LogP contribution in [0.2, 0.25) is 0 Å². The van der Waals surface area contributed by atoms with E-state index in [0.717, 1.165) is 50.5 Å². The summed E-state index contributed by atoms with van der Waals surface area (Å²) in [6.45, 7) is 12.4. The zero-order valence-electron chi connectivity index (χ0n) is 26.8. The van der Waals surface area contributed by atoms with Crippen molar-refractivity contribution in [2.24, 2.45) is 45.3 Å². The average Bonchev–Trinajstić information content (AvgIpc) is 3.53. The van der Waals surface area contributed by atoms with Crippen LogP contribution in [0.25, 0.3) is 0 Å². The molecule has 0 bridgehead atoms. The van der Waals surface area contributed by atoms with Crippen LogP contribution in [0.1, 0.15) is 91.2 Å². The molecule has 5 heteroatoms. The van der Waals surface area contributed by atoms with Crippen molar-refractivity contribution in [3.63, 3.8) is 0 Å².